The van der Waals surface area contributed by atoms with Crippen LogP contribution in [0.2, 0.25) is 0 Å². The van der Waals surface area contributed by atoms with Crippen LogP contribution in [-0.2, 0) is 0 Å². The summed E-state index contributed by atoms with van der Waals surface area (Å²) in [6, 6.07) is 4.14. The highest BCUT2D eigenvalue weighted by atomic mass is 32.2. The molecule has 0 spiro atoms. The minimum atomic E-state index is -1.29. The average Bonchev–Trinajstić information content (AvgIpc) is 2.63. The molecule has 0 aliphatic heterocycles. The van der Waals surface area contributed by atoms with E-state index in [0.29, 0.717) is 15.1 Å². The molecule has 2 aromatic rings. The van der Waals surface area contributed by atoms with E-state index in [1.807, 2.05) is 0 Å². The molecular weight excluding hydrogens is 263 g/mol. The van der Waals surface area contributed by atoms with Gasteiger partial charge in [-0.25, -0.2) is 14.2 Å². The summed E-state index contributed by atoms with van der Waals surface area (Å²) in [5.41, 5.74) is -0.328. The highest BCUT2D eigenvalue weighted by Gasteiger charge is 2.17. The van der Waals surface area contributed by atoms with E-state index in [1.54, 1.807) is 13.0 Å². The molecular formula is C10H7FN2O2S2. The molecule has 0 saturated heterocycles. The van der Waals surface area contributed by atoms with E-state index in [4.69, 9.17) is 5.11 Å². The Kier molecular flexibility index (Phi) is 3.39. The van der Waals surface area contributed by atoms with Gasteiger partial charge in [0.25, 0.3) is 0 Å². The number of hydrogen-bond donors (Lipinski definition) is 1. The molecule has 1 heterocycles. The van der Waals surface area contributed by atoms with Crippen LogP contribution < -0.4 is 0 Å². The van der Waals surface area contributed by atoms with Crippen molar-refractivity contribution < 1.29 is 14.3 Å². The first-order valence-electron chi connectivity index (χ1n) is 4.58. The van der Waals surface area contributed by atoms with Crippen LogP contribution >= 0.6 is 23.3 Å². The summed E-state index contributed by atoms with van der Waals surface area (Å²) in [6.07, 6.45) is 0. The van der Waals surface area contributed by atoms with E-state index in [1.165, 1.54) is 6.07 Å². The third-order valence-corrected chi connectivity index (χ3v) is 3.80. The molecule has 0 fully saturated rings. The van der Waals surface area contributed by atoms with Crippen molar-refractivity contribution in [3.05, 3.63) is 35.4 Å². The van der Waals surface area contributed by atoms with Crippen LogP contribution in [0, 0.1) is 12.7 Å². The van der Waals surface area contributed by atoms with Gasteiger partial charge in [-0.15, -0.1) is 0 Å². The van der Waals surface area contributed by atoms with Gasteiger partial charge in [0, 0.05) is 4.90 Å². The average molecular weight is 270 g/mol. The topological polar surface area (TPSA) is 63.1 Å². The maximum atomic E-state index is 13.4. The normalized spacial score (nSPS) is 10.5. The van der Waals surface area contributed by atoms with Crippen molar-refractivity contribution in [1.82, 2.24) is 9.36 Å². The minimum absolute atomic E-state index is 0.327. The van der Waals surface area contributed by atoms with Crippen molar-refractivity contribution in [3.8, 4) is 0 Å². The molecule has 17 heavy (non-hydrogen) atoms. The highest BCUT2D eigenvalue weighted by Crippen LogP contribution is 2.32. The summed E-state index contributed by atoms with van der Waals surface area (Å²) >= 11 is 2.26. The predicted octanol–water partition coefficient (Wildman–Crippen LogP) is 2.84. The number of aromatic nitrogens is 2. The fraction of sp³-hybridized carbons (Fsp3) is 0.100. The molecule has 0 saturated carbocycles. The van der Waals surface area contributed by atoms with Gasteiger partial charge in [-0.1, -0.05) is 17.8 Å². The summed E-state index contributed by atoms with van der Waals surface area (Å²) < 4.78 is 18.0. The lowest BCUT2D eigenvalue weighted by molar-refractivity contribution is 0.0688. The van der Waals surface area contributed by atoms with Crippen LogP contribution in [0.25, 0.3) is 0 Å². The number of carbonyl (C=O) groups is 1. The second-order valence-corrected chi connectivity index (χ2v) is 5.17. The van der Waals surface area contributed by atoms with Gasteiger partial charge in [0.05, 0.1) is 0 Å². The predicted molar refractivity (Wildman–Crippen MR) is 62.1 cm³/mol. The lowest BCUT2D eigenvalue weighted by Crippen LogP contribution is -2.02. The van der Waals surface area contributed by atoms with E-state index in [0.717, 1.165) is 29.4 Å². The number of carboxylic acids is 1. The van der Waals surface area contributed by atoms with Gasteiger partial charge in [-0.2, -0.15) is 4.37 Å². The number of aryl methyl sites for hydroxylation is 1. The molecule has 0 unspecified atom stereocenters. The van der Waals surface area contributed by atoms with Gasteiger partial charge in [0.2, 0.25) is 0 Å². The van der Waals surface area contributed by atoms with Gasteiger partial charge in [0.15, 0.2) is 4.34 Å². The highest BCUT2D eigenvalue weighted by molar-refractivity contribution is 8.01. The van der Waals surface area contributed by atoms with Crippen molar-refractivity contribution in [2.75, 3.05) is 0 Å². The lowest BCUT2D eigenvalue weighted by atomic mass is 10.2. The van der Waals surface area contributed by atoms with Gasteiger partial charge in [-0.05, 0) is 30.6 Å². The Morgan fingerprint density at radius 3 is 2.88 bits per heavy atom. The van der Waals surface area contributed by atoms with Crippen LogP contribution in [0.1, 0.15) is 16.2 Å². The smallest absolute Gasteiger partial charge is 0.339 e. The molecule has 1 aromatic carbocycles. The van der Waals surface area contributed by atoms with Gasteiger partial charge < -0.3 is 5.11 Å². The molecule has 1 aromatic heterocycles. The molecule has 0 radical (unpaired) electrons. The Bertz CT molecular complexity index is 571. The Labute approximate surface area is 105 Å². The van der Waals surface area contributed by atoms with Crippen molar-refractivity contribution in [1.29, 1.82) is 0 Å². The zero-order valence-corrected chi connectivity index (χ0v) is 10.3. The molecule has 7 heteroatoms. The van der Waals surface area contributed by atoms with Crippen LogP contribution in [0.3, 0.4) is 0 Å². The maximum Gasteiger partial charge on any atom is 0.339 e. The molecule has 0 atom stereocenters. The maximum absolute atomic E-state index is 13.4. The molecule has 1 N–H and O–H groups in total. The molecule has 2 rings (SSSR count). The first kappa shape index (κ1) is 12.0. The summed E-state index contributed by atoms with van der Waals surface area (Å²) in [7, 11) is 0. The Morgan fingerprint density at radius 1 is 1.53 bits per heavy atom. The second kappa shape index (κ2) is 4.80. The molecule has 4 nitrogen and oxygen atoms in total. The summed E-state index contributed by atoms with van der Waals surface area (Å²) in [4.78, 5) is 15.4. The van der Waals surface area contributed by atoms with Crippen LogP contribution in [0.15, 0.2) is 27.4 Å². The molecule has 0 aliphatic carbocycles. The summed E-state index contributed by atoms with van der Waals surface area (Å²) in [5, 5.41) is 8.94. The van der Waals surface area contributed by atoms with Crippen molar-refractivity contribution >= 4 is 29.3 Å². The van der Waals surface area contributed by atoms with Crippen LogP contribution in [0.5, 0.6) is 0 Å². The van der Waals surface area contributed by atoms with Crippen LogP contribution in [-0.4, -0.2) is 20.4 Å². The van der Waals surface area contributed by atoms with Gasteiger partial charge in [0.1, 0.15) is 17.2 Å². The Morgan fingerprint density at radius 2 is 2.29 bits per heavy atom. The van der Waals surface area contributed by atoms with Crippen molar-refractivity contribution in [3.63, 3.8) is 0 Å². The first-order chi connectivity index (χ1) is 8.08. The van der Waals surface area contributed by atoms with Gasteiger partial charge >= 0.3 is 5.97 Å². The molecule has 0 bridgehead atoms. The fourth-order valence-corrected chi connectivity index (χ4v) is 2.96. The minimum Gasteiger partial charge on any atom is -0.478 e. The number of carboxylic acid groups (broad SMARTS) is 1. The summed E-state index contributed by atoms with van der Waals surface area (Å²) in [6.45, 7) is 1.74. The monoisotopic (exact) mass is 270 g/mol. The van der Waals surface area contributed by atoms with Gasteiger partial charge in [-0.3, -0.25) is 0 Å². The zero-order valence-electron chi connectivity index (χ0n) is 8.68. The SMILES string of the molecule is Cc1nsc(Sc2cccc(F)c2C(=O)O)n1. The first-order valence-corrected chi connectivity index (χ1v) is 6.17. The number of nitrogens with zero attached hydrogens (tertiary/aromatic N) is 2. The van der Waals surface area contributed by atoms with E-state index < -0.39 is 11.8 Å². The number of benzene rings is 1. The second-order valence-electron chi connectivity index (χ2n) is 3.13. The molecule has 0 aliphatic rings. The quantitative estimate of drug-likeness (QED) is 0.929. The molecule has 0 amide bonds. The third-order valence-electron chi connectivity index (χ3n) is 1.90. The lowest BCUT2D eigenvalue weighted by Gasteiger charge is -2.03. The fourth-order valence-electron chi connectivity index (χ4n) is 1.21. The van der Waals surface area contributed by atoms with E-state index in [-0.39, 0.29) is 5.56 Å². The van der Waals surface area contributed by atoms with E-state index in [9.17, 15) is 9.18 Å². The number of halogens is 1. The standard InChI is InChI=1S/C10H7FN2O2S2/c1-5-12-10(17-13-5)16-7-4-2-3-6(11)8(7)9(14)15/h2-4H,1H3,(H,14,15). The summed E-state index contributed by atoms with van der Waals surface area (Å²) in [5.74, 6) is -1.42. The Hall–Kier alpha value is -1.47. The van der Waals surface area contributed by atoms with E-state index in [2.05, 4.69) is 9.36 Å². The van der Waals surface area contributed by atoms with E-state index >= 15 is 0 Å². The van der Waals surface area contributed by atoms with Crippen molar-refractivity contribution in [2.24, 2.45) is 0 Å². The molecule has 88 valence electrons. The zero-order chi connectivity index (χ0) is 12.4. The number of hydrogen-bond acceptors (Lipinski definition) is 5. The number of aromatic carboxylic acids is 1. The largest absolute Gasteiger partial charge is 0.478 e. The van der Waals surface area contributed by atoms with Crippen molar-refractivity contribution in [2.45, 2.75) is 16.2 Å². The van der Waals surface area contributed by atoms with Crippen LogP contribution in [0.4, 0.5) is 4.39 Å². The Balaban J connectivity index is 2.39. The third kappa shape index (κ3) is 2.62. The number of rotatable bonds is 3.